The van der Waals surface area contributed by atoms with Crippen molar-refractivity contribution in [3.8, 4) is 0 Å². The molecule has 1 unspecified atom stereocenters. The van der Waals surface area contributed by atoms with E-state index in [2.05, 4.69) is 15.4 Å². The molecule has 0 aliphatic rings. The number of aromatic nitrogens is 3. The van der Waals surface area contributed by atoms with Gasteiger partial charge in [0.15, 0.2) is 0 Å². The van der Waals surface area contributed by atoms with E-state index in [1.807, 2.05) is 30.3 Å². The second-order valence-corrected chi connectivity index (χ2v) is 5.88. The molecule has 1 aromatic heterocycles. The minimum atomic E-state index is -0.564. The molecule has 0 aliphatic carbocycles. The monoisotopic (exact) mass is 371 g/mol. The van der Waals surface area contributed by atoms with Crippen molar-refractivity contribution in [1.82, 2.24) is 20.1 Å². The molecule has 26 heavy (non-hydrogen) atoms. The first-order valence-corrected chi connectivity index (χ1v) is 8.04. The molecular weight excluding hydrogens is 358 g/mol. The summed E-state index contributed by atoms with van der Waals surface area (Å²) in [7, 11) is 0. The van der Waals surface area contributed by atoms with Gasteiger partial charge in [0, 0.05) is 12.1 Å². The number of benzene rings is 2. The maximum Gasteiger partial charge on any atom is 0.270 e. The molecule has 1 atom stereocenters. The fourth-order valence-corrected chi connectivity index (χ4v) is 2.73. The second kappa shape index (κ2) is 7.75. The Bertz CT molecular complexity index is 915. The third-order valence-electron chi connectivity index (χ3n) is 3.75. The lowest BCUT2D eigenvalue weighted by Crippen LogP contribution is -2.31. The number of nitro groups is 1. The normalized spacial score (nSPS) is 11.7. The number of carbonyl (C=O) groups excluding carboxylic acids is 1. The molecule has 1 N–H and O–H groups in total. The van der Waals surface area contributed by atoms with Gasteiger partial charge in [-0.2, -0.15) is 5.10 Å². The van der Waals surface area contributed by atoms with Crippen LogP contribution in [0.5, 0.6) is 0 Å². The van der Waals surface area contributed by atoms with Gasteiger partial charge in [-0.05, 0) is 11.6 Å². The minimum absolute atomic E-state index is 0.0178. The number of hydrogen-bond acceptors (Lipinski definition) is 5. The summed E-state index contributed by atoms with van der Waals surface area (Å²) in [6, 6.07) is 12.8. The third kappa shape index (κ3) is 4.04. The van der Waals surface area contributed by atoms with Gasteiger partial charge in [-0.15, -0.1) is 0 Å². The fourth-order valence-electron chi connectivity index (χ4n) is 2.47. The minimum Gasteiger partial charge on any atom is -0.343 e. The molecule has 132 valence electrons. The first-order chi connectivity index (χ1) is 12.5. The topological polar surface area (TPSA) is 103 Å². The highest BCUT2D eigenvalue weighted by atomic mass is 35.5. The van der Waals surface area contributed by atoms with Crippen LogP contribution in [0.15, 0.2) is 61.2 Å². The van der Waals surface area contributed by atoms with Crippen molar-refractivity contribution in [2.75, 3.05) is 0 Å². The summed E-state index contributed by atoms with van der Waals surface area (Å²) in [5.74, 6) is -0.432. The quantitative estimate of drug-likeness (QED) is 0.530. The average molecular weight is 372 g/mol. The van der Waals surface area contributed by atoms with E-state index in [1.165, 1.54) is 18.5 Å². The summed E-state index contributed by atoms with van der Waals surface area (Å²) < 4.78 is 1.61. The van der Waals surface area contributed by atoms with Crippen LogP contribution in [-0.4, -0.2) is 25.6 Å². The number of amides is 1. The number of non-ortho nitro benzene ring substituents is 1. The number of carbonyl (C=O) groups is 1. The van der Waals surface area contributed by atoms with Crippen LogP contribution in [0.3, 0.4) is 0 Å². The lowest BCUT2D eigenvalue weighted by Gasteiger charge is -2.19. The second-order valence-electron chi connectivity index (χ2n) is 5.48. The highest BCUT2D eigenvalue weighted by Gasteiger charge is 2.20. The molecule has 2 aromatic carbocycles. The van der Waals surface area contributed by atoms with Crippen molar-refractivity contribution in [3.05, 3.63) is 87.4 Å². The zero-order valence-corrected chi connectivity index (χ0v) is 14.2. The first-order valence-electron chi connectivity index (χ1n) is 7.67. The van der Waals surface area contributed by atoms with Gasteiger partial charge < -0.3 is 5.32 Å². The van der Waals surface area contributed by atoms with E-state index in [0.717, 1.165) is 11.6 Å². The predicted octanol–water partition coefficient (Wildman–Crippen LogP) is 3.01. The average Bonchev–Trinajstić information content (AvgIpc) is 3.14. The Kier molecular flexibility index (Phi) is 5.23. The van der Waals surface area contributed by atoms with Gasteiger partial charge in [0.1, 0.15) is 12.7 Å². The summed E-state index contributed by atoms with van der Waals surface area (Å²) in [6.45, 7) is 0.375. The Hall–Kier alpha value is -3.26. The number of hydrogen-bond donors (Lipinski definition) is 1. The Morgan fingerprint density at radius 3 is 2.65 bits per heavy atom. The largest absolute Gasteiger partial charge is 0.343 e. The standard InChI is InChI=1S/C17H14ClN5O3/c18-15-8-13(23(25)26)6-7-14(15)17(24)21-16(9-22-11-19-10-20-22)12-4-2-1-3-5-12/h1-8,10-11,16H,9H2,(H,21,24). The molecule has 0 spiro atoms. The number of halogens is 1. The molecule has 0 bridgehead atoms. The van der Waals surface area contributed by atoms with Crippen molar-refractivity contribution in [3.63, 3.8) is 0 Å². The number of nitrogens with zero attached hydrogens (tertiary/aromatic N) is 4. The van der Waals surface area contributed by atoms with Crippen molar-refractivity contribution in [1.29, 1.82) is 0 Å². The highest BCUT2D eigenvalue weighted by molar-refractivity contribution is 6.34. The van der Waals surface area contributed by atoms with Gasteiger partial charge >= 0.3 is 0 Å². The molecule has 0 fully saturated rings. The molecule has 0 radical (unpaired) electrons. The number of rotatable bonds is 6. The summed E-state index contributed by atoms with van der Waals surface area (Å²) in [5, 5.41) is 17.8. The van der Waals surface area contributed by atoms with Gasteiger partial charge in [-0.1, -0.05) is 41.9 Å². The van der Waals surface area contributed by atoms with E-state index in [9.17, 15) is 14.9 Å². The van der Waals surface area contributed by atoms with Crippen molar-refractivity contribution in [2.45, 2.75) is 12.6 Å². The van der Waals surface area contributed by atoms with Gasteiger partial charge in [0.05, 0.1) is 28.1 Å². The van der Waals surface area contributed by atoms with Crippen LogP contribution < -0.4 is 5.32 Å². The molecule has 8 nitrogen and oxygen atoms in total. The lowest BCUT2D eigenvalue weighted by molar-refractivity contribution is -0.384. The van der Waals surface area contributed by atoms with Gasteiger partial charge in [0.25, 0.3) is 11.6 Å². The third-order valence-corrected chi connectivity index (χ3v) is 4.06. The maximum absolute atomic E-state index is 12.6. The van der Waals surface area contributed by atoms with Crippen LogP contribution in [0.2, 0.25) is 5.02 Å². The summed E-state index contributed by atoms with van der Waals surface area (Å²) in [6.07, 6.45) is 2.97. The van der Waals surface area contributed by atoms with Crippen LogP contribution in [0.1, 0.15) is 22.0 Å². The molecule has 0 aliphatic heterocycles. The molecule has 9 heteroatoms. The lowest BCUT2D eigenvalue weighted by atomic mass is 10.1. The van der Waals surface area contributed by atoms with E-state index in [4.69, 9.17) is 11.6 Å². The molecule has 1 heterocycles. The Balaban J connectivity index is 1.84. The van der Waals surface area contributed by atoms with Crippen LogP contribution in [-0.2, 0) is 6.54 Å². The van der Waals surface area contributed by atoms with Gasteiger partial charge in [-0.25, -0.2) is 4.98 Å². The van der Waals surface area contributed by atoms with E-state index >= 15 is 0 Å². The van der Waals surface area contributed by atoms with Crippen LogP contribution in [0.4, 0.5) is 5.69 Å². The fraction of sp³-hybridized carbons (Fsp3) is 0.118. The van der Waals surface area contributed by atoms with Crippen LogP contribution >= 0.6 is 11.6 Å². The zero-order chi connectivity index (χ0) is 18.5. The summed E-state index contributed by atoms with van der Waals surface area (Å²) >= 11 is 6.05. The first kappa shape index (κ1) is 17.6. The zero-order valence-electron chi connectivity index (χ0n) is 13.4. The van der Waals surface area contributed by atoms with Crippen molar-refractivity contribution < 1.29 is 9.72 Å². The van der Waals surface area contributed by atoms with Crippen molar-refractivity contribution >= 4 is 23.2 Å². The summed E-state index contributed by atoms with van der Waals surface area (Å²) in [5.41, 5.74) is 0.875. The van der Waals surface area contributed by atoms with Gasteiger partial charge in [0.2, 0.25) is 0 Å². The van der Waals surface area contributed by atoms with E-state index < -0.39 is 10.8 Å². The molecule has 0 saturated heterocycles. The number of nitro benzene ring substituents is 1. The van der Waals surface area contributed by atoms with Crippen molar-refractivity contribution in [2.24, 2.45) is 0 Å². The Morgan fingerprint density at radius 2 is 2.04 bits per heavy atom. The van der Waals surface area contributed by atoms with Gasteiger partial charge in [-0.3, -0.25) is 19.6 Å². The molecular formula is C17H14ClN5O3. The maximum atomic E-state index is 12.6. The molecule has 0 saturated carbocycles. The highest BCUT2D eigenvalue weighted by Crippen LogP contribution is 2.23. The van der Waals surface area contributed by atoms with Crippen LogP contribution in [0, 0.1) is 10.1 Å². The van der Waals surface area contributed by atoms with E-state index in [0.29, 0.717) is 6.54 Å². The molecule has 3 rings (SSSR count). The van der Waals surface area contributed by atoms with E-state index in [1.54, 1.807) is 11.0 Å². The Labute approximate surface area is 153 Å². The Morgan fingerprint density at radius 1 is 1.27 bits per heavy atom. The predicted molar refractivity (Wildman–Crippen MR) is 94.8 cm³/mol. The number of nitrogens with one attached hydrogen (secondary N) is 1. The van der Waals surface area contributed by atoms with E-state index in [-0.39, 0.29) is 22.3 Å². The summed E-state index contributed by atoms with van der Waals surface area (Å²) in [4.78, 5) is 26.8. The SMILES string of the molecule is O=C(NC(Cn1cncn1)c1ccccc1)c1ccc([N+](=O)[O-])cc1Cl. The van der Waals surface area contributed by atoms with Crippen LogP contribution in [0.25, 0.3) is 0 Å². The molecule has 3 aromatic rings. The molecule has 1 amide bonds. The smallest absolute Gasteiger partial charge is 0.270 e.